The zero-order chi connectivity index (χ0) is 23.9. The van der Waals surface area contributed by atoms with E-state index in [1.54, 1.807) is 30.7 Å². The van der Waals surface area contributed by atoms with Gasteiger partial charge in [0.25, 0.3) is 0 Å². The molecule has 174 valence electrons. The molecule has 2 aromatic carbocycles. The third-order valence-corrected chi connectivity index (χ3v) is 6.52. The van der Waals surface area contributed by atoms with Crippen LogP contribution in [0.5, 0.6) is 0 Å². The number of aromatic nitrogens is 4. The van der Waals surface area contributed by atoms with Crippen LogP contribution in [0.15, 0.2) is 67.1 Å². The topological polar surface area (TPSA) is 93.4 Å². The third-order valence-electron chi connectivity index (χ3n) is 6.21. The zero-order valence-corrected chi connectivity index (χ0v) is 19.3. The summed E-state index contributed by atoms with van der Waals surface area (Å²) in [6.07, 6.45) is 5.11. The fraction of sp³-hybridized carbons (Fsp3) is 0.154. The van der Waals surface area contributed by atoms with Crippen LogP contribution in [0.2, 0.25) is 5.02 Å². The van der Waals surface area contributed by atoms with Gasteiger partial charge < -0.3 is 14.7 Å². The Kier molecular flexibility index (Phi) is 5.32. The van der Waals surface area contributed by atoms with E-state index in [4.69, 9.17) is 21.3 Å². The van der Waals surface area contributed by atoms with Crippen LogP contribution >= 0.6 is 11.6 Å². The average Bonchev–Trinajstić information content (AvgIpc) is 3.28. The second kappa shape index (κ2) is 8.65. The maximum atomic E-state index is 12.4. The smallest absolute Gasteiger partial charge is 0.338 e. The normalized spacial score (nSPS) is 14.0. The molecule has 0 spiro atoms. The number of carbonyl (C=O) groups is 1. The maximum absolute atomic E-state index is 12.4. The van der Waals surface area contributed by atoms with Crippen LogP contribution < -0.4 is 4.90 Å². The van der Waals surface area contributed by atoms with Gasteiger partial charge in [-0.1, -0.05) is 23.7 Å². The number of hydrogen-bond donors (Lipinski definition) is 1. The minimum absolute atomic E-state index is 0.143. The first-order valence-electron chi connectivity index (χ1n) is 11.2. The highest BCUT2D eigenvalue weighted by molar-refractivity contribution is 6.35. The number of morpholine rings is 1. The van der Waals surface area contributed by atoms with E-state index in [-0.39, 0.29) is 5.56 Å². The number of anilines is 1. The van der Waals surface area contributed by atoms with Gasteiger partial charge in [-0.2, -0.15) is 0 Å². The second-order valence-corrected chi connectivity index (χ2v) is 8.65. The Hall–Kier alpha value is -4.01. The van der Waals surface area contributed by atoms with Crippen molar-refractivity contribution in [1.29, 1.82) is 0 Å². The third kappa shape index (κ3) is 3.67. The molecule has 4 heterocycles. The Balaban J connectivity index is 1.72. The summed E-state index contributed by atoms with van der Waals surface area (Å²) in [6, 6.07) is 14.9. The number of benzene rings is 2. The van der Waals surface area contributed by atoms with Crippen molar-refractivity contribution in [2.24, 2.45) is 0 Å². The molecule has 0 amide bonds. The van der Waals surface area contributed by atoms with Crippen molar-refractivity contribution < 1.29 is 14.6 Å². The van der Waals surface area contributed by atoms with E-state index in [2.05, 4.69) is 14.9 Å². The minimum Gasteiger partial charge on any atom is -0.478 e. The first kappa shape index (κ1) is 21.5. The SMILES string of the molecule is O=C(O)c1cc(N2CCOCC2)cc2c1nc(-c1cccnc1)n2-c1ccnc2c(Cl)cccc12. The minimum atomic E-state index is -1.03. The van der Waals surface area contributed by atoms with Crippen molar-refractivity contribution in [3.8, 4) is 17.1 Å². The summed E-state index contributed by atoms with van der Waals surface area (Å²) in [6.45, 7) is 2.55. The average molecular weight is 486 g/mol. The van der Waals surface area contributed by atoms with Gasteiger partial charge in [-0.25, -0.2) is 9.78 Å². The Morgan fingerprint density at radius 3 is 2.66 bits per heavy atom. The van der Waals surface area contributed by atoms with Crippen molar-refractivity contribution in [2.45, 2.75) is 0 Å². The molecule has 0 atom stereocenters. The van der Waals surface area contributed by atoms with Crippen LogP contribution in [-0.2, 0) is 4.74 Å². The van der Waals surface area contributed by atoms with Gasteiger partial charge in [-0.3, -0.25) is 14.5 Å². The number of carboxylic acid groups (broad SMARTS) is 1. The summed E-state index contributed by atoms with van der Waals surface area (Å²) in [7, 11) is 0. The molecule has 1 fully saturated rings. The molecule has 0 bridgehead atoms. The highest BCUT2D eigenvalue weighted by Crippen LogP contribution is 2.36. The fourth-order valence-corrected chi connectivity index (χ4v) is 4.81. The molecule has 0 saturated carbocycles. The molecular weight excluding hydrogens is 466 g/mol. The predicted molar refractivity (Wildman–Crippen MR) is 135 cm³/mol. The lowest BCUT2D eigenvalue weighted by Gasteiger charge is -2.29. The van der Waals surface area contributed by atoms with Crippen LogP contribution in [-0.4, -0.2) is 56.9 Å². The van der Waals surface area contributed by atoms with Crippen molar-refractivity contribution in [3.05, 3.63) is 77.7 Å². The first-order chi connectivity index (χ1) is 17.1. The zero-order valence-electron chi connectivity index (χ0n) is 18.6. The lowest BCUT2D eigenvalue weighted by molar-refractivity contribution is 0.0699. The molecule has 8 nitrogen and oxygen atoms in total. The molecule has 9 heteroatoms. The number of carboxylic acids is 1. The van der Waals surface area contributed by atoms with E-state index in [9.17, 15) is 9.90 Å². The van der Waals surface area contributed by atoms with E-state index in [0.29, 0.717) is 53.7 Å². The number of hydrogen-bond acceptors (Lipinski definition) is 6. The highest BCUT2D eigenvalue weighted by Gasteiger charge is 2.24. The number of ether oxygens (including phenoxy) is 1. The number of aromatic carboxylic acids is 1. The standard InChI is InChI=1S/C26H20ClN5O3/c27-20-5-1-4-18-21(6-8-29-23(18)20)32-22-14-17(31-9-11-35-12-10-31)13-19(26(33)34)24(22)30-25(32)16-3-2-7-28-15-16/h1-8,13-15H,9-12H2,(H,33,34). The van der Waals surface area contributed by atoms with E-state index in [0.717, 1.165) is 22.3 Å². The molecule has 0 aliphatic carbocycles. The van der Waals surface area contributed by atoms with Crippen molar-refractivity contribution >= 4 is 45.2 Å². The molecule has 6 rings (SSSR count). The molecule has 1 aliphatic heterocycles. The number of imidazole rings is 1. The summed E-state index contributed by atoms with van der Waals surface area (Å²) < 4.78 is 7.47. The van der Waals surface area contributed by atoms with Crippen LogP contribution in [0.25, 0.3) is 39.0 Å². The Morgan fingerprint density at radius 1 is 1.03 bits per heavy atom. The van der Waals surface area contributed by atoms with E-state index in [1.807, 2.05) is 41.0 Å². The maximum Gasteiger partial charge on any atom is 0.338 e. The number of halogens is 1. The first-order valence-corrected chi connectivity index (χ1v) is 11.6. The van der Waals surface area contributed by atoms with E-state index < -0.39 is 5.97 Å². The highest BCUT2D eigenvalue weighted by atomic mass is 35.5. The summed E-state index contributed by atoms with van der Waals surface area (Å²) in [5, 5.41) is 11.5. The summed E-state index contributed by atoms with van der Waals surface area (Å²) >= 11 is 6.47. The fourth-order valence-electron chi connectivity index (χ4n) is 4.58. The van der Waals surface area contributed by atoms with Crippen LogP contribution in [0.3, 0.4) is 0 Å². The largest absolute Gasteiger partial charge is 0.478 e. The van der Waals surface area contributed by atoms with Crippen LogP contribution in [0, 0.1) is 0 Å². The van der Waals surface area contributed by atoms with Gasteiger partial charge in [0.2, 0.25) is 0 Å². The number of fused-ring (bicyclic) bond motifs is 2. The van der Waals surface area contributed by atoms with Gasteiger partial charge >= 0.3 is 5.97 Å². The van der Waals surface area contributed by atoms with E-state index in [1.165, 1.54) is 0 Å². The van der Waals surface area contributed by atoms with Gasteiger partial charge in [0.1, 0.15) is 11.3 Å². The van der Waals surface area contributed by atoms with Gasteiger partial charge in [0.05, 0.1) is 40.5 Å². The molecular formula is C26H20ClN5O3. The van der Waals surface area contributed by atoms with Gasteiger partial charge in [0, 0.05) is 48.3 Å². The molecule has 3 aromatic heterocycles. The van der Waals surface area contributed by atoms with Gasteiger partial charge in [-0.05, 0) is 36.4 Å². The van der Waals surface area contributed by atoms with Gasteiger partial charge in [-0.15, -0.1) is 0 Å². The van der Waals surface area contributed by atoms with Crippen molar-refractivity contribution in [2.75, 3.05) is 31.2 Å². The number of para-hydroxylation sites is 1. The Labute approximate surface area is 205 Å². The molecule has 0 radical (unpaired) electrons. The summed E-state index contributed by atoms with van der Waals surface area (Å²) in [4.78, 5) is 28.1. The molecule has 1 saturated heterocycles. The molecule has 1 N–H and O–H groups in total. The quantitative estimate of drug-likeness (QED) is 0.390. The van der Waals surface area contributed by atoms with Gasteiger partial charge in [0.15, 0.2) is 0 Å². The Bertz CT molecular complexity index is 1580. The number of pyridine rings is 2. The van der Waals surface area contributed by atoms with Crippen LogP contribution in [0.1, 0.15) is 10.4 Å². The lowest BCUT2D eigenvalue weighted by atomic mass is 10.1. The number of rotatable bonds is 4. The Morgan fingerprint density at radius 2 is 1.89 bits per heavy atom. The molecule has 0 unspecified atom stereocenters. The van der Waals surface area contributed by atoms with Crippen molar-refractivity contribution in [1.82, 2.24) is 19.5 Å². The summed E-state index contributed by atoms with van der Waals surface area (Å²) in [5.74, 6) is -0.447. The molecule has 1 aliphatic rings. The summed E-state index contributed by atoms with van der Waals surface area (Å²) in [5.41, 5.74) is 4.26. The predicted octanol–water partition coefficient (Wildman–Crippen LogP) is 4.82. The second-order valence-electron chi connectivity index (χ2n) is 8.24. The number of nitrogens with zero attached hydrogens (tertiary/aromatic N) is 5. The molecule has 35 heavy (non-hydrogen) atoms. The molecule has 5 aromatic rings. The van der Waals surface area contributed by atoms with Crippen molar-refractivity contribution in [3.63, 3.8) is 0 Å². The monoisotopic (exact) mass is 485 g/mol. The lowest BCUT2D eigenvalue weighted by Crippen LogP contribution is -2.36. The van der Waals surface area contributed by atoms with E-state index >= 15 is 0 Å². The van der Waals surface area contributed by atoms with Crippen LogP contribution in [0.4, 0.5) is 5.69 Å².